The molecule has 0 saturated heterocycles. The summed E-state index contributed by atoms with van der Waals surface area (Å²) in [6.45, 7) is 0.396. The van der Waals surface area contributed by atoms with E-state index >= 15 is 0 Å². The number of rotatable bonds is 1. The van der Waals surface area contributed by atoms with Crippen LogP contribution < -0.4 is 5.84 Å². The first-order chi connectivity index (χ1) is 4.72. The van der Waals surface area contributed by atoms with Crippen LogP contribution >= 0.6 is 0 Å². The maximum Gasteiger partial charge on any atom is 0.336 e. The Kier molecular flexibility index (Phi) is 1.68. The predicted molar refractivity (Wildman–Crippen MR) is 35.1 cm³/mol. The van der Waals surface area contributed by atoms with Crippen molar-refractivity contribution in [1.29, 1.82) is 0 Å². The van der Waals surface area contributed by atoms with E-state index in [1.54, 1.807) is 12.2 Å². The SMILES string of the molecule is NN1CC=CC=C1[N+](=O)[O-]. The van der Waals surface area contributed by atoms with Crippen LogP contribution in [0.1, 0.15) is 0 Å². The molecule has 1 aliphatic rings. The normalized spacial score (nSPS) is 16.9. The monoisotopic (exact) mass is 141 g/mol. The van der Waals surface area contributed by atoms with Crippen molar-refractivity contribution in [3.63, 3.8) is 0 Å². The van der Waals surface area contributed by atoms with E-state index in [1.165, 1.54) is 6.08 Å². The quantitative estimate of drug-likeness (QED) is 0.313. The topological polar surface area (TPSA) is 72.4 Å². The van der Waals surface area contributed by atoms with E-state index < -0.39 is 4.92 Å². The molecule has 2 N–H and O–H groups in total. The molecule has 0 spiro atoms. The van der Waals surface area contributed by atoms with Gasteiger partial charge in [-0.25, -0.2) is 0 Å². The molecule has 0 saturated carbocycles. The number of hydrogen-bond donors (Lipinski definition) is 1. The maximum atomic E-state index is 10.1. The zero-order valence-electron chi connectivity index (χ0n) is 5.23. The molecule has 5 nitrogen and oxygen atoms in total. The lowest BCUT2D eigenvalue weighted by Crippen LogP contribution is -2.34. The Morgan fingerprint density at radius 2 is 2.50 bits per heavy atom. The van der Waals surface area contributed by atoms with E-state index in [9.17, 15) is 10.1 Å². The van der Waals surface area contributed by atoms with E-state index in [2.05, 4.69) is 0 Å². The van der Waals surface area contributed by atoms with Gasteiger partial charge in [0.1, 0.15) is 6.54 Å². The summed E-state index contributed by atoms with van der Waals surface area (Å²) in [5.41, 5.74) is 0. The Labute approximate surface area is 57.5 Å². The fourth-order valence-corrected chi connectivity index (χ4v) is 0.684. The second kappa shape index (κ2) is 2.49. The van der Waals surface area contributed by atoms with Crippen LogP contribution in [0.2, 0.25) is 0 Å². The molecule has 0 unspecified atom stereocenters. The Morgan fingerprint density at radius 1 is 1.80 bits per heavy atom. The first-order valence-electron chi connectivity index (χ1n) is 2.75. The predicted octanol–water partition coefficient (Wildman–Crippen LogP) is -0.150. The van der Waals surface area contributed by atoms with Crippen LogP contribution in [0.3, 0.4) is 0 Å². The summed E-state index contributed by atoms with van der Waals surface area (Å²) in [6.07, 6.45) is 4.72. The summed E-state index contributed by atoms with van der Waals surface area (Å²) in [7, 11) is 0. The molecule has 0 aromatic carbocycles. The highest BCUT2D eigenvalue weighted by molar-refractivity contribution is 5.11. The van der Waals surface area contributed by atoms with Gasteiger partial charge in [0.05, 0.1) is 0 Å². The van der Waals surface area contributed by atoms with Crippen molar-refractivity contribution in [2.75, 3.05) is 6.54 Å². The van der Waals surface area contributed by atoms with Gasteiger partial charge in [0.2, 0.25) is 0 Å². The third kappa shape index (κ3) is 1.14. The third-order valence-electron chi connectivity index (χ3n) is 1.16. The average molecular weight is 141 g/mol. The number of nitrogens with two attached hydrogens (primary N) is 1. The molecule has 0 fully saturated rings. The van der Waals surface area contributed by atoms with E-state index in [-0.39, 0.29) is 5.82 Å². The molecule has 0 aromatic heterocycles. The number of allylic oxidation sites excluding steroid dienone is 2. The third-order valence-corrected chi connectivity index (χ3v) is 1.16. The highest BCUT2D eigenvalue weighted by Crippen LogP contribution is 2.04. The molecule has 0 aliphatic carbocycles. The van der Waals surface area contributed by atoms with Gasteiger partial charge in [-0.15, -0.1) is 0 Å². The lowest BCUT2D eigenvalue weighted by atomic mass is 10.3. The standard InChI is InChI=1S/C5H7N3O2/c6-7-4-2-1-3-5(7)8(9)10/h1-3H,4,6H2. The van der Waals surface area contributed by atoms with Crippen LogP contribution in [0.25, 0.3) is 0 Å². The van der Waals surface area contributed by atoms with Crippen LogP contribution in [0.4, 0.5) is 0 Å². The minimum atomic E-state index is -0.510. The summed E-state index contributed by atoms with van der Waals surface area (Å²) in [4.78, 5) is 9.64. The molecular formula is C5H7N3O2. The van der Waals surface area contributed by atoms with Crippen LogP contribution in [0.15, 0.2) is 24.0 Å². The fourth-order valence-electron chi connectivity index (χ4n) is 0.684. The lowest BCUT2D eigenvalue weighted by Gasteiger charge is -2.12. The number of nitrogens with zero attached hydrogens (tertiary/aromatic N) is 2. The van der Waals surface area contributed by atoms with Crippen molar-refractivity contribution >= 4 is 0 Å². The second-order valence-electron chi connectivity index (χ2n) is 1.86. The van der Waals surface area contributed by atoms with Crippen molar-refractivity contribution < 1.29 is 4.92 Å². The minimum Gasteiger partial charge on any atom is -0.358 e. The molecular weight excluding hydrogens is 134 g/mol. The molecule has 0 amide bonds. The van der Waals surface area contributed by atoms with E-state index in [1.807, 2.05) is 0 Å². The van der Waals surface area contributed by atoms with Gasteiger partial charge in [-0.3, -0.25) is 0 Å². The Hall–Kier alpha value is -1.36. The molecule has 0 radical (unpaired) electrons. The van der Waals surface area contributed by atoms with E-state index in [4.69, 9.17) is 5.84 Å². The van der Waals surface area contributed by atoms with Crippen molar-refractivity contribution in [2.24, 2.45) is 5.84 Å². The van der Waals surface area contributed by atoms with Crippen LogP contribution in [0, 0.1) is 10.1 Å². The molecule has 0 atom stereocenters. The first-order valence-corrected chi connectivity index (χ1v) is 2.75. The molecule has 10 heavy (non-hydrogen) atoms. The smallest absolute Gasteiger partial charge is 0.336 e. The molecule has 0 bridgehead atoms. The van der Waals surface area contributed by atoms with Gasteiger partial charge in [-0.05, 0) is 11.0 Å². The van der Waals surface area contributed by atoms with Gasteiger partial charge < -0.3 is 10.1 Å². The highest BCUT2D eigenvalue weighted by Gasteiger charge is 2.16. The molecule has 54 valence electrons. The minimum absolute atomic E-state index is 0.0671. The van der Waals surface area contributed by atoms with Crippen molar-refractivity contribution in [2.45, 2.75) is 0 Å². The van der Waals surface area contributed by atoms with Gasteiger partial charge in [0, 0.05) is 6.08 Å². The molecule has 1 heterocycles. The van der Waals surface area contributed by atoms with Gasteiger partial charge in [-0.1, -0.05) is 6.08 Å². The number of hydrogen-bond acceptors (Lipinski definition) is 4. The summed E-state index contributed by atoms with van der Waals surface area (Å²) in [5, 5.41) is 11.2. The Balaban J connectivity index is 2.80. The summed E-state index contributed by atoms with van der Waals surface area (Å²) in [6, 6.07) is 0. The highest BCUT2D eigenvalue weighted by atomic mass is 16.6. The second-order valence-corrected chi connectivity index (χ2v) is 1.86. The summed E-state index contributed by atoms with van der Waals surface area (Å²) in [5.74, 6) is 5.18. The summed E-state index contributed by atoms with van der Waals surface area (Å²) >= 11 is 0. The largest absolute Gasteiger partial charge is 0.358 e. The first kappa shape index (κ1) is 6.76. The van der Waals surface area contributed by atoms with E-state index in [0.717, 1.165) is 5.01 Å². The number of nitro groups is 1. The Morgan fingerprint density at radius 3 is 2.90 bits per heavy atom. The van der Waals surface area contributed by atoms with Gasteiger partial charge in [0.25, 0.3) is 0 Å². The zero-order chi connectivity index (χ0) is 7.56. The lowest BCUT2D eigenvalue weighted by molar-refractivity contribution is -0.446. The van der Waals surface area contributed by atoms with Crippen molar-refractivity contribution in [3.05, 3.63) is 34.2 Å². The van der Waals surface area contributed by atoms with Crippen molar-refractivity contribution in [3.8, 4) is 0 Å². The number of hydrazine groups is 1. The van der Waals surface area contributed by atoms with E-state index in [0.29, 0.717) is 6.54 Å². The Bertz CT molecular complexity index is 209. The molecule has 1 rings (SSSR count). The fraction of sp³-hybridized carbons (Fsp3) is 0.200. The zero-order valence-corrected chi connectivity index (χ0v) is 5.23. The van der Waals surface area contributed by atoms with Gasteiger partial charge in [-0.2, -0.15) is 10.9 Å². The van der Waals surface area contributed by atoms with Crippen LogP contribution in [-0.2, 0) is 0 Å². The van der Waals surface area contributed by atoms with Gasteiger partial charge in [0.15, 0.2) is 0 Å². The average Bonchev–Trinajstić information content (AvgIpc) is 1.88. The van der Waals surface area contributed by atoms with Crippen molar-refractivity contribution in [1.82, 2.24) is 5.01 Å². The van der Waals surface area contributed by atoms with Crippen LogP contribution in [-0.4, -0.2) is 16.5 Å². The van der Waals surface area contributed by atoms with Gasteiger partial charge >= 0.3 is 5.82 Å². The summed E-state index contributed by atoms with van der Waals surface area (Å²) < 4.78 is 0. The molecule has 0 aromatic rings. The maximum absolute atomic E-state index is 10.1. The molecule has 1 aliphatic heterocycles. The van der Waals surface area contributed by atoms with Crippen LogP contribution in [0.5, 0.6) is 0 Å². The molecule has 5 heteroatoms.